The summed E-state index contributed by atoms with van der Waals surface area (Å²) in [6.45, 7) is 0. The molecule has 0 saturated heterocycles. The number of halogens is 2. The fraction of sp³-hybridized carbons (Fsp3) is 0.0625. The molecule has 2 aromatic carbocycles. The van der Waals surface area contributed by atoms with Crippen LogP contribution in [0.2, 0.25) is 10.0 Å². The maximum absolute atomic E-state index is 12.0. The lowest BCUT2D eigenvalue weighted by Gasteiger charge is -2.07. The van der Waals surface area contributed by atoms with Crippen LogP contribution in [0.15, 0.2) is 59.5 Å². The summed E-state index contributed by atoms with van der Waals surface area (Å²) in [7, 11) is 0. The molecule has 6 heteroatoms. The van der Waals surface area contributed by atoms with Crippen molar-refractivity contribution in [3.05, 3.63) is 86.5 Å². The van der Waals surface area contributed by atoms with Crippen molar-refractivity contribution >= 4 is 23.2 Å². The second-order valence-electron chi connectivity index (χ2n) is 4.69. The first-order valence-electron chi connectivity index (χ1n) is 6.58. The molecule has 0 bridgehead atoms. The van der Waals surface area contributed by atoms with E-state index in [4.69, 9.17) is 23.2 Å². The molecule has 0 amide bonds. The Balaban J connectivity index is 1.99. The third kappa shape index (κ3) is 3.18. The fourth-order valence-electron chi connectivity index (χ4n) is 2.04. The van der Waals surface area contributed by atoms with Gasteiger partial charge in [0, 0.05) is 6.42 Å². The van der Waals surface area contributed by atoms with Crippen LogP contribution >= 0.6 is 23.2 Å². The lowest BCUT2D eigenvalue weighted by molar-refractivity contribution is 0.732. The van der Waals surface area contributed by atoms with E-state index in [9.17, 15) is 4.79 Å². The number of hydrogen-bond acceptors (Lipinski definition) is 3. The van der Waals surface area contributed by atoms with Gasteiger partial charge in [-0.3, -0.25) is 4.79 Å². The van der Waals surface area contributed by atoms with Crippen molar-refractivity contribution in [2.45, 2.75) is 6.42 Å². The average Bonchev–Trinajstić information content (AvgIpc) is 2.53. The minimum Gasteiger partial charge on any atom is -0.266 e. The molecule has 0 atom stereocenters. The quantitative estimate of drug-likeness (QED) is 0.737. The summed E-state index contributed by atoms with van der Waals surface area (Å²) < 4.78 is 1.27. The van der Waals surface area contributed by atoms with Crippen LogP contribution in [0.5, 0.6) is 0 Å². The van der Waals surface area contributed by atoms with E-state index in [0.29, 0.717) is 28.0 Å². The van der Waals surface area contributed by atoms with Crippen molar-refractivity contribution in [1.82, 2.24) is 14.8 Å². The highest BCUT2D eigenvalue weighted by Gasteiger charge is 2.07. The molecule has 0 aliphatic carbocycles. The van der Waals surface area contributed by atoms with Gasteiger partial charge in [-0.2, -0.15) is 4.68 Å². The van der Waals surface area contributed by atoms with Crippen LogP contribution in [-0.4, -0.2) is 14.8 Å². The Labute approximate surface area is 137 Å². The van der Waals surface area contributed by atoms with Crippen molar-refractivity contribution < 1.29 is 0 Å². The smallest absolute Gasteiger partial charge is 0.266 e. The zero-order valence-electron chi connectivity index (χ0n) is 11.4. The second-order valence-corrected chi connectivity index (χ2v) is 5.50. The molecule has 1 aromatic heterocycles. The van der Waals surface area contributed by atoms with Crippen LogP contribution in [0.25, 0.3) is 5.69 Å². The first-order valence-corrected chi connectivity index (χ1v) is 7.34. The van der Waals surface area contributed by atoms with Gasteiger partial charge in [-0.15, -0.1) is 5.10 Å². The van der Waals surface area contributed by atoms with Gasteiger partial charge in [0.25, 0.3) is 5.56 Å². The minimum atomic E-state index is -0.324. The molecule has 0 saturated carbocycles. The molecular formula is C16H11Cl2N3O. The van der Waals surface area contributed by atoms with Gasteiger partial charge in [0.1, 0.15) is 0 Å². The summed E-state index contributed by atoms with van der Waals surface area (Å²) >= 11 is 11.9. The SMILES string of the molecule is O=c1cnc(Cc2ccccc2)nn1-c1ccc(Cl)c(Cl)c1. The second kappa shape index (κ2) is 6.30. The summed E-state index contributed by atoms with van der Waals surface area (Å²) in [6, 6.07) is 14.7. The Morgan fingerprint density at radius 1 is 1.00 bits per heavy atom. The lowest BCUT2D eigenvalue weighted by Crippen LogP contribution is -2.23. The zero-order valence-corrected chi connectivity index (χ0v) is 12.9. The topological polar surface area (TPSA) is 47.8 Å². The van der Waals surface area contributed by atoms with Gasteiger partial charge in [0.05, 0.1) is 21.9 Å². The molecule has 3 aromatic rings. The van der Waals surface area contributed by atoms with Crippen LogP contribution in [-0.2, 0) is 6.42 Å². The van der Waals surface area contributed by atoms with Crippen molar-refractivity contribution in [3.63, 3.8) is 0 Å². The zero-order chi connectivity index (χ0) is 15.5. The molecule has 3 rings (SSSR count). The van der Waals surface area contributed by atoms with Crippen LogP contribution in [0, 0.1) is 0 Å². The molecular weight excluding hydrogens is 321 g/mol. The van der Waals surface area contributed by atoms with Crippen molar-refractivity contribution in [1.29, 1.82) is 0 Å². The molecule has 1 heterocycles. The average molecular weight is 332 g/mol. The van der Waals surface area contributed by atoms with E-state index in [1.165, 1.54) is 10.9 Å². The Morgan fingerprint density at radius 3 is 2.50 bits per heavy atom. The van der Waals surface area contributed by atoms with Crippen LogP contribution in [0.1, 0.15) is 11.4 Å². The van der Waals surface area contributed by atoms with Crippen LogP contribution in [0.4, 0.5) is 0 Å². The van der Waals surface area contributed by atoms with Gasteiger partial charge < -0.3 is 0 Å². The highest BCUT2D eigenvalue weighted by atomic mass is 35.5. The van der Waals surface area contributed by atoms with Gasteiger partial charge in [0.15, 0.2) is 5.82 Å². The number of rotatable bonds is 3. The normalized spacial score (nSPS) is 10.6. The van der Waals surface area contributed by atoms with Crippen LogP contribution < -0.4 is 5.56 Å². The molecule has 0 N–H and O–H groups in total. The van der Waals surface area contributed by atoms with Gasteiger partial charge >= 0.3 is 0 Å². The Kier molecular flexibility index (Phi) is 4.22. The van der Waals surface area contributed by atoms with Gasteiger partial charge in [0.2, 0.25) is 0 Å². The number of hydrogen-bond donors (Lipinski definition) is 0. The molecule has 0 spiro atoms. The highest BCUT2D eigenvalue weighted by Crippen LogP contribution is 2.23. The van der Waals surface area contributed by atoms with Crippen molar-refractivity contribution in [2.75, 3.05) is 0 Å². The van der Waals surface area contributed by atoms with Gasteiger partial charge in [-0.1, -0.05) is 53.5 Å². The van der Waals surface area contributed by atoms with Crippen molar-refractivity contribution in [2.24, 2.45) is 0 Å². The molecule has 22 heavy (non-hydrogen) atoms. The lowest BCUT2D eigenvalue weighted by atomic mass is 10.1. The monoisotopic (exact) mass is 331 g/mol. The third-order valence-corrected chi connectivity index (χ3v) is 3.84. The largest absolute Gasteiger partial charge is 0.289 e. The molecule has 0 fully saturated rings. The van der Waals surface area contributed by atoms with Gasteiger partial charge in [-0.25, -0.2) is 4.98 Å². The third-order valence-electron chi connectivity index (χ3n) is 3.10. The minimum absolute atomic E-state index is 0.324. The molecule has 0 aliphatic rings. The fourth-order valence-corrected chi connectivity index (χ4v) is 2.33. The van der Waals surface area contributed by atoms with E-state index in [-0.39, 0.29) is 5.56 Å². The predicted molar refractivity (Wildman–Crippen MR) is 86.9 cm³/mol. The summed E-state index contributed by atoms with van der Waals surface area (Å²) in [5.74, 6) is 0.553. The maximum atomic E-state index is 12.0. The van der Waals surface area contributed by atoms with E-state index in [0.717, 1.165) is 5.56 Å². The molecule has 0 aliphatic heterocycles. The summed E-state index contributed by atoms with van der Waals surface area (Å²) in [6.07, 6.45) is 1.80. The Hall–Kier alpha value is -2.17. The first kappa shape index (κ1) is 14.8. The molecule has 0 radical (unpaired) electrons. The maximum Gasteiger partial charge on any atom is 0.289 e. The number of nitrogens with zero attached hydrogens (tertiary/aromatic N) is 3. The highest BCUT2D eigenvalue weighted by molar-refractivity contribution is 6.42. The van der Waals surface area contributed by atoms with Crippen molar-refractivity contribution in [3.8, 4) is 5.69 Å². The predicted octanol–water partition coefficient (Wildman–Crippen LogP) is 3.53. The van der Waals surface area contributed by atoms with E-state index in [1.807, 2.05) is 30.3 Å². The summed E-state index contributed by atoms with van der Waals surface area (Å²) in [5, 5.41) is 5.10. The number of aromatic nitrogens is 3. The van der Waals surface area contributed by atoms with E-state index in [2.05, 4.69) is 10.1 Å². The van der Waals surface area contributed by atoms with Crippen LogP contribution in [0.3, 0.4) is 0 Å². The standard InChI is InChI=1S/C16H11Cl2N3O/c17-13-7-6-12(9-14(13)18)21-16(22)10-19-15(20-21)8-11-4-2-1-3-5-11/h1-7,9-10H,8H2. The van der Waals surface area contributed by atoms with E-state index < -0.39 is 0 Å². The molecule has 0 unspecified atom stereocenters. The van der Waals surface area contributed by atoms with Gasteiger partial charge in [-0.05, 0) is 23.8 Å². The Morgan fingerprint density at radius 2 is 1.77 bits per heavy atom. The number of benzene rings is 2. The Bertz CT molecular complexity index is 863. The van der Waals surface area contributed by atoms with E-state index >= 15 is 0 Å². The molecule has 4 nitrogen and oxygen atoms in total. The summed E-state index contributed by atoms with van der Waals surface area (Å²) in [4.78, 5) is 16.1. The summed E-state index contributed by atoms with van der Waals surface area (Å²) in [5.41, 5.74) is 1.30. The molecule has 110 valence electrons. The van der Waals surface area contributed by atoms with E-state index in [1.54, 1.807) is 18.2 Å². The first-order chi connectivity index (χ1) is 10.6.